The minimum Gasteiger partial charge on any atom is -0.376 e. The van der Waals surface area contributed by atoms with Crippen LogP contribution in [-0.4, -0.2) is 45.8 Å². The van der Waals surface area contributed by atoms with E-state index in [2.05, 4.69) is 25.9 Å². The molecule has 1 amide bonds. The number of tetrazole rings is 1. The molecule has 0 spiro atoms. The van der Waals surface area contributed by atoms with E-state index in [1.54, 1.807) is 0 Å². The van der Waals surface area contributed by atoms with Crippen molar-refractivity contribution < 1.29 is 9.53 Å². The maximum absolute atomic E-state index is 11.4. The molecule has 0 aromatic carbocycles. The molecule has 0 atom stereocenters. The largest absolute Gasteiger partial charge is 0.376 e. The zero-order chi connectivity index (χ0) is 11.2. The fraction of sp³-hybridized carbons (Fsp3) is 0.778. The van der Waals surface area contributed by atoms with Gasteiger partial charge < -0.3 is 10.1 Å². The molecule has 16 heavy (non-hydrogen) atoms. The van der Waals surface area contributed by atoms with Crippen molar-refractivity contribution in [2.75, 3.05) is 13.2 Å². The van der Waals surface area contributed by atoms with Gasteiger partial charge in [-0.05, 0) is 18.1 Å². The van der Waals surface area contributed by atoms with Crippen molar-refractivity contribution in [1.82, 2.24) is 25.9 Å². The summed E-state index contributed by atoms with van der Waals surface area (Å²) in [5.74, 6) is -0.273. The highest BCUT2D eigenvalue weighted by atomic mass is 16.5. The number of H-pyrrole nitrogens is 1. The molecule has 7 nitrogen and oxygen atoms in total. The van der Waals surface area contributed by atoms with Crippen LogP contribution >= 0.6 is 0 Å². The third-order valence-electron chi connectivity index (χ3n) is 2.59. The molecule has 88 valence electrons. The molecule has 1 aromatic heterocycles. The van der Waals surface area contributed by atoms with Crippen LogP contribution in [0.3, 0.4) is 0 Å². The average Bonchev–Trinajstić information content (AvgIpc) is 2.96. The van der Waals surface area contributed by atoms with E-state index in [0.29, 0.717) is 19.3 Å². The van der Waals surface area contributed by atoms with Crippen LogP contribution in [0.25, 0.3) is 0 Å². The molecule has 0 unspecified atom stereocenters. The molecule has 2 N–H and O–H groups in total. The number of nitrogens with zero attached hydrogens (tertiary/aromatic N) is 3. The molecule has 0 bridgehead atoms. The van der Waals surface area contributed by atoms with E-state index in [9.17, 15) is 4.79 Å². The summed E-state index contributed by atoms with van der Waals surface area (Å²) in [4.78, 5) is 11.4. The first-order valence-electron chi connectivity index (χ1n) is 5.49. The number of hydrogen-bond donors (Lipinski definition) is 2. The lowest BCUT2D eigenvalue weighted by Crippen LogP contribution is -2.29. The molecule has 1 fully saturated rings. The monoisotopic (exact) mass is 225 g/mol. The fourth-order valence-electron chi connectivity index (χ4n) is 1.78. The topological polar surface area (TPSA) is 92.8 Å². The highest BCUT2D eigenvalue weighted by Gasteiger charge is 2.15. The van der Waals surface area contributed by atoms with Gasteiger partial charge in [-0.15, -0.1) is 10.2 Å². The van der Waals surface area contributed by atoms with E-state index in [0.717, 1.165) is 12.8 Å². The van der Waals surface area contributed by atoms with Crippen LogP contribution in [0, 0.1) is 0 Å². The molecule has 0 radical (unpaired) electrons. The Labute approximate surface area is 92.9 Å². The molecule has 1 aliphatic rings. The van der Waals surface area contributed by atoms with Gasteiger partial charge in [0.2, 0.25) is 0 Å². The molecule has 1 saturated carbocycles. The van der Waals surface area contributed by atoms with Gasteiger partial charge in [0, 0.05) is 6.54 Å². The zero-order valence-corrected chi connectivity index (χ0v) is 8.98. The van der Waals surface area contributed by atoms with Crippen LogP contribution in [0.2, 0.25) is 0 Å². The van der Waals surface area contributed by atoms with Crippen molar-refractivity contribution in [1.29, 1.82) is 0 Å². The third kappa shape index (κ3) is 2.99. The number of rotatable bonds is 5. The van der Waals surface area contributed by atoms with E-state index >= 15 is 0 Å². The number of aromatic nitrogens is 4. The number of hydrogen-bond acceptors (Lipinski definition) is 5. The van der Waals surface area contributed by atoms with Gasteiger partial charge in [-0.25, -0.2) is 0 Å². The fourth-order valence-corrected chi connectivity index (χ4v) is 1.78. The van der Waals surface area contributed by atoms with E-state index in [-0.39, 0.29) is 11.7 Å². The van der Waals surface area contributed by atoms with Crippen LogP contribution in [0.5, 0.6) is 0 Å². The second kappa shape index (κ2) is 5.55. The zero-order valence-electron chi connectivity index (χ0n) is 8.98. The predicted octanol–water partition coefficient (Wildman–Crippen LogP) is -0.111. The van der Waals surface area contributed by atoms with E-state index in [1.165, 1.54) is 12.8 Å². The number of carbonyl (C=O) groups excluding carboxylic acids is 1. The molecule has 1 aliphatic carbocycles. The normalized spacial score (nSPS) is 16.5. The molecule has 7 heteroatoms. The molecular formula is C9H15N5O2. The Morgan fingerprint density at radius 3 is 3.00 bits per heavy atom. The molecule has 1 aromatic rings. The Kier molecular flexibility index (Phi) is 3.81. The second-order valence-electron chi connectivity index (χ2n) is 3.77. The van der Waals surface area contributed by atoms with Crippen molar-refractivity contribution in [3.8, 4) is 0 Å². The van der Waals surface area contributed by atoms with E-state index < -0.39 is 0 Å². The Morgan fingerprint density at radius 2 is 2.31 bits per heavy atom. The summed E-state index contributed by atoms with van der Waals surface area (Å²) >= 11 is 0. The molecule has 0 saturated heterocycles. The first-order valence-corrected chi connectivity index (χ1v) is 5.49. The maximum atomic E-state index is 11.4. The van der Waals surface area contributed by atoms with Gasteiger partial charge in [0.25, 0.3) is 11.7 Å². The van der Waals surface area contributed by atoms with Crippen LogP contribution in [-0.2, 0) is 4.74 Å². The van der Waals surface area contributed by atoms with Gasteiger partial charge in [0.05, 0.1) is 12.7 Å². The minimum atomic E-state index is -0.330. The Morgan fingerprint density at radius 1 is 1.50 bits per heavy atom. The summed E-state index contributed by atoms with van der Waals surface area (Å²) in [6.07, 6.45) is 5.15. The van der Waals surface area contributed by atoms with Crippen LogP contribution < -0.4 is 5.32 Å². The average molecular weight is 225 g/mol. The second-order valence-corrected chi connectivity index (χ2v) is 3.77. The summed E-state index contributed by atoms with van der Waals surface area (Å²) in [6.45, 7) is 1.01. The Balaban J connectivity index is 1.59. The van der Waals surface area contributed by atoms with E-state index in [4.69, 9.17) is 4.74 Å². The van der Waals surface area contributed by atoms with Gasteiger partial charge in [-0.3, -0.25) is 4.79 Å². The highest BCUT2D eigenvalue weighted by molar-refractivity contribution is 5.89. The predicted molar refractivity (Wildman–Crippen MR) is 54.7 cm³/mol. The van der Waals surface area contributed by atoms with Gasteiger partial charge in [-0.2, -0.15) is 5.21 Å². The number of ether oxygens (including phenoxy) is 1. The summed E-state index contributed by atoms with van der Waals surface area (Å²) in [6, 6.07) is 0. The summed E-state index contributed by atoms with van der Waals surface area (Å²) in [5.41, 5.74) is 0. The Hall–Kier alpha value is -1.50. The van der Waals surface area contributed by atoms with E-state index in [1.807, 2.05) is 0 Å². The number of aromatic amines is 1. The van der Waals surface area contributed by atoms with Crippen molar-refractivity contribution in [2.45, 2.75) is 31.8 Å². The quantitative estimate of drug-likeness (QED) is 0.682. The van der Waals surface area contributed by atoms with Gasteiger partial charge in [0.15, 0.2) is 0 Å². The lowest BCUT2D eigenvalue weighted by molar-refractivity contribution is 0.0580. The smallest absolute Gasteiger partial charge is 0.292 e. The number of nitrogens with one attached hydrogen (secondary N) is 2. The molecule has 0 aliphatic heterocycles. The van der Waals surface area contributed by atoms with Crippen molar-refractivity contribution in [3.63, 3.8) is 0 Å². The summed E-state index contributed by atoms with van der Waals surface area (Å²) in [5, 5.41) is 15.3. The third-order valence-corrected chi connectivity index (χ3v) is 2.59. The minimum absolute atomic E-state index is 0.0564. The first kappa shape index (κ1) is 11.0. The van der Waals surface area contributed by atoms with Gasteiger partial charge in [-0.1, -0.05) is 12.8 Å². The SMILES string of the molecule is O=C(NCCOC1CCCC1)c1nn[nH]n1. The van der Waals surface area contributed by atoms with Crippen LogP contribution in [0.1, 0.15) is 36.3 Å². The summed E-state index contributed by atoms with van der Waals surface area (Å²) < 4.78 is 5.59. The van der Waals surface area contributed by atoms with Crippen molar-refractivity contribution in [3.05, 3.63) is 5.82 Å². The lowest BCUT2D eigenvalue weighted by Gasteiger charge is -2.10. The van der Waals surface area contributed by atoms with Crippen LogP contribution in [0.4, 0.5) is 0 Å². The number of amides is 1. The lowest BCUT2D eigenvalue weighted by atomic mass is 10.3. The Bertz CT molecular complexity index is 321. The maximum Gasteiger partial charge on any atom is 0.292 e. The summed E-state index contributed by atoms with van der Waals surface area (Å²) in [7, 11) is 0. The number of carbonyl (C=O) groups is 1. The van der Waals surface area contributed by atoms with Crippen molar-refractivity contribution >= 4 is 5.91 Å². The highest BCUT2D eigenvalue weighted by Crippen LogP contribution is 2.20. The molecular weight excluding hydrogens is 210 g/mol. The molecule has 2 rings (SSSR count). The molecule has 1 heterocycles. The first-order chi connectivity index (χ1) is 7.86. The van der Waals surface area contributed by atoms with Gasteiger partial charge >= 0.3 is 0 Å². The van der Waals surface area contributed by atoms with Crippen molar-refractivity contribution in [2.24, 2.45) is 0 Å². The van der Waals surface area contributed by atoms with Gasteiger partial charge in [0.1, 0.15) is 0 Å². The van der Waals surface area contributed by atoms with Crippen LogP contribution in [0.15, 0.2) is 0 Å². The standard InChI is InChI=1S/C9H15N5O2/c15-9(8-11-13-14-12-8)10-5-6-16-7-3-1-2-4-7/h7H,1-6H2,(H,10,15)(H,11,12,13,14).